The highest BCUT2D eigenvalue weighted by molar-refractivity contribution is 5.92. The second-order valence-corrected chi connectivity index (χ2v) is 7.86. The fourth-order valence-corrected chi connectivity index (χ4v) is 4.70. The van der Waals surface area contributed by atoms with Crippen LogP contribution in [0, 0.1) is 5.82 Å². The van der Waals surface area contributed by atoms with Crippen molar-refractivity contribution in [1.82, 2.24) is 9.88 Å². The van der Waals surface area contributed by atoms with E-state index in [9.17, 15) is 9.18 Å². The first-order chi connectivity index (χ1) is 12.5. The van der Waals surface area contributed by atoms with Gasteiger partial charge in [0.2, 0.25) is 0 Å². The lowest BCUT2D eigenvalue weighted by Gasteiger charge is -2.42. The molecule has 26 heavy (non-hydrogen) atoms. The first-order valence-electron chi connectivity index (χ1n) is 9.24. The normalized spacial score (nSPS) is 24.4. The number of nitrogens with zero attached hydrogens (tertiary/aromatic N) is 3. The van der Waals surface area contributed by atoms with E-state index in [0.29, 0.717) is 5.69 Å². The van der Waals surface area contributed by atoms with Crippen LogP contribution >= 0.6 is 0 Å². The molecule has 0 bridgehead atoms. The van der Waals surface area contributed by atoms with Gasteiger partial charge in [-0.05, 0) is 63.4 Å². The van der Waals surface area contributed by atoms with Gasteiger partial charge in [0.1, 0.15) is 11.5 Å². The summed E-state index contributed by atoms with van der Waals surface area (Å²) in [6.45, 7) is 5.11. The van der Waals surface area contributed by atoms with Crippen LogP contribution in [0.1, 0.15) is 43.6 Å². The van der Waals surface area contributed by atoms with Crippen LogP contribution in [0.15, 0.2) is 48.7 Å². The lowest BCUT2D eigenvalue weighted by Crippen LogP contribution is -2.53. The Labute approximate surface area is 153 Å². The smallest absolute Gasteiger partial charge is 0.272 e. The van der Waals surface area contributed by atoms with E-state index in [1.165, 1.54) is 6.07 Å². The van der Waals surface area contributed by atoms with E-state index < -0.39 is 0 Å². The largest absolute Gasteiger partial charge is 0.361 e. The number of piperidine rings is 1. The fraction of sp³-hybridized carbons (Fsp3) is 0.429. The number of hydrogen-bond donors (Lipinski definition) is 0. The number of aromatic nitrogens is 1. The molecular weight excluding hydrogens is 329 g/mol. The maximum absolute atomic E-state index is 13.8. The summed E-state index contributed by atoms with van der Waals surface area (Å²) >= 11 is 0. The number of carbonyl (C=O) groups excluding carboxylic acids is 1. The van der Waals surface area contributed by atoms with Crippen LogP contribution in [-0.4, -0.2) is 40.0 Å². The minimum atomic E-state index is -0.223. The van der Waals surface area contributed by atoms with Crippen LogP contribution in [-0.2, 0) is 0 Å². The lowest BCUT2D eigenvalue weighted by molar-refractivity contribution is 0.0599. The van der Waals surface area contributed by atoms with Crippen LogP contribution in [0.4, 0.5) is 10.1 Å². The molecule has 0 spiro atoms. The first-order valence-corrected chi connectivity index (χ1v) is 9.24. The molecule has 2 aromatic rings. The average molecular weight is 353 g/mol. The van der Waals surface area contributed by atoms with Gasteiger partial charge >= 0.3 is 0 Å². The van der Waals surface area contributed by atoms with Gasteiger partial charge in [0.15, 0.2) is 0 Å². The van der Waals surface area contributed by atoms with Crippen molar-refractivity contribution in [2.45, 2.75) is 50.7 Å². The van der Waals surface area contributed by atoms with Gasteiger partial charge in [-0.1, -0.05) is 12.1 Å². The maximum Gasteiger partial charge on any atom is 0.272 e. The molecule has 2 atom stereocenters. The lowest BCUT2D eigenvalue weighted by atomic mass is 9.93. The molecule has 3 heterocycles. The Morgan fingerprint density at radius 2 is 2.04 bits per heavy atom. The molecule has 0 unspecified atom stereocenters. The minimum absolute atomic E-state index is 0.00260. The predicted octanol–water partition coefficient (Wildman–Crippen LogP) is 3.88. The third kappa shape index (κ3) is 2.85. The van der Waals surface area contributed by atoms with Crippen molar-refractivity contribution in [3.63, 3.8) is 0 Å². The number of anilines is 1. The van der Waals surface area contributed by atoms with Gasteiger partial charge in [-0.15, -0.1) is 0 Å². The van der Waals surface area contributed by atoms with Gasteiger partial charge in [-0.25, -0.2) is 4.39 Å². The molecule has 0 saturated carbocycles. The molecule has 1 aromatic heterocycles. The number of amides is 1. The Morgan fingerprint density at radius 1 is 1.19 bits per heavy atom. The molecule has 4 nitrogen and oxygen atoms in total. The summed E-state index contributed by atoms with van der Waals surface area (Å²) in [5.74, 6) is -0.226. The Morgan fingerprint density at radius 3 is 2.77 bits per heavy atom. The molecule has 0 aliphatic carbocycles. The Hall–Kier alpha value is -2.43. The molecule has 136 valence electrons. The van der Waals surface area contributed by atoms with Crippen molar-refractivity contribution >= 4 is 11.6 Å². The van der Waals surface area contributed by atoms with E-state index in [1.807, 2.05) is 23.1 Å². The van der Waals surface area contributed by atoms with Crippen molar-refractivity contribution in [3.05, 3.63) is 60.2 Å². The van der Waals surface area contributed by atoms with Crippen molar-refractivity contribution < 1.29 is 9.18 Å². The van der Waals surface area contributed by atoms with Gasteiger partial charge in [-0.3, -0.25) is 9.78 Å². The number of fused-ring (bicyclic) bond motifs is 1. The van der Waals surface area contributed by atoms with Crippen molar-refractivity contribution in [1.29, 1.82) is 0 Å². The van der Waals surface area contributed by atoms with Crippen LogP contribution in [0.5, 0.6) is 0 Å². The molecule has 1 amide bonds. The molecule has 1 aromatic carbocycles. The quantitative estimate of drug-likeness (QED) is 0.822. The summed E-state index contributed by atoms with van der Waals surface area (Å²) in [6.07, 6.45) is 4.48. The number of pyridine rings is 1. The number of benzene rings is 1. The van der Waals surface area contributed by atoms with E-state index in [-0.39, 0.29) is 29.3 Å². The van der Waals surface area contributed by atoms with Crippen LogP contribution in [0.3, 0.4) is 0 Å². The van der Waals surface area contributed by atoms with E-state index in [4.69, 9.17) is 0 Å². The third-order valence-corrected chi connectivity index (χ3v) is 5.67. The number of hydrogen-bond acceptors (Lipinski definition) is 3. The molecule has 0 radical (unpaired) electrons. The molecule has 2 saturated heterocycles. The molecule has 4 rings (SSSR count). The maximum atomic E-state index is 13.8. The molecular formula is C21H24FN3O. The minimum Gasteiger partial charge on any atom is -0.361 e. The standard InChI is InChI=1S/C21H24FN3O/c1-21(2)14-19-18(25(21)16-8-5-7-15(22)13-16)10-6-12-24(19)20(26)17-9-3-4-11-23-17/h3-5,7-9,11,13,18-19H,6,10,12,14H2,1-2H3/t18-,19-/m0/s1. The highest BCUT2D eigenvalue weighted by Crippen LogP contribution is 2.44. The van der Waals surface area contributed by atoms with E-state index in [0.717, 1.165) is 31.5 Å². The van der Waals surface area contributed by atoms with Gasteiger partial charge in [-0.2, -0.15) is 0 Å². The average Bonchev–Trinajstić information content (AvgIpc) is 2.91. The zero-order chi connectivity index (χ0) is 18.3. The summed E-state index contributed by atoms with van der Waals surface area (Å²) in [5, 5.41) is 0. The van der Waals surface area contributed by atoms with E-state index in [2.05, 4.69) is 23.7 Å². The Kier molecular flexibility index (Phi) is 4.17. The molecule has 2 aliphatic heterocycles. The van der Waals surface area contributed by atoms with E-state index in [1.54, 1.807) is 24.4 Å². The monoisotopic (exact) mass is 353 g/mol. The number of rotatable bonds is 2. The number of halogens is 1. The fourth-order valence-electron chi connectivity index (χ4n) is 4.70. The van der Waals surface area contributed by atoms with Crippen LogP contribution < -0.4 is 4.90 Å². The summed E-state index contributed by atoms with van der Waals surface area (Å²) < 4.78 is 13.8. The topological polar surface area (TPSA) is 36.4 Å². The second kappa shape index (κ2) is 6.38. The van der Waals surface area contributed by atoms with Crippen molar-refractivity contribution in [3.8, 4) is 0 Å². The van der Waals surface area contributed by atoms with Gasteiger partial charge in [0, 0.05) is 24.0 Å². The SMILES string of the molecule is CC1(C)C[C@H]2[C@H](CCCN2C(=O)c2ccccn2)N1c1cccc(F)c1. The molecule has 5 heteroatoms. The van der Waals surface area contributed by atoms with Crippen molar-refractivity contribution in [2.24, 2.45) is 0 Å². The van der Waals surface area contributed by atoms with Gasteiger partial charge in [0.25, 0.3) is 5.91 Å². The summed E-state index contributed by atoms with van der Waals surface area (Å²) in [4.78, 5) is 21.6. The highest BCUT2D eigenvalue weighted by atomic mass is 19.1. The summed E-state index contributed by atoms with van der Waals surface area (Å²) in [6, 6.07) is 12.6. The van der Waals surface area contributed by atoms with E-state index >= 15 is 0 Å². The number of carbonyl (C=O) groups is 1. The summed E-state index contributed by atoms with van der Waals surface area (Å²) in [7, 11) is 0. The van der Waals surface area contributed by atoms with Gasteiger partial charge in [0.05, 0.1) is 12.1 Å². The van der Waals surface area contributed by atoms with Crippen molar-refractivity contribution in [2.75, 3.05) is 11.4 Å². The Balaban J connectivity index is 1.67. The third-order valence-electron chi connectivity index (χ3n) is 5.67. The highest BCUT2D eigenvalue weighted by Gasteiger charge is 2.50. The van der Waals surface area contributed by atoms with Gasteiger partial charge < -0.3 is 9.80 Å². The molecule has 2 aliphatic rings. The van der Waals surface area contributed by atoms with Crippen LogP contribution in [0.25, 0.3) is 0 Å². The summed E-state index contributed by atoms with van der Waals surface area (Å²) in [5.41, 5.74) is 1.25. The first kappa shape index (κ1) is 17.0. The number of likely N-dealkylation sites (tertiary alicyclic amines) is 1. The van der Waals surface area contributed by atoms with Crippen LogP contribution in [0.2, 0.25) is 0 Å². The predicted molar refractivity (Wildman–Crippen MR) is 99.7 cm³/mol. The molecule has 2 fully saturated rings. The second-order valence-electron chi connectivity index (χ2n) is 7.86. The molecule has 0 N–H and O–H groups in total. The zero-order valence-corrected chi connectivity index (χ0v) is 15.2. The zero-order valence-electron chi connectivity index (χ0n) is 15.2. The Bertz CT molecular complexity index is 808.